The SMILES string of the molecule is CC(=O)N1CCC(c2ccc(O)c(C)c2)(c2ccc(OCC(=O)C(C)(C)C)c(C)c2)CC1. The van der Waals surface area contributed by atoms with E-state index in [-0.39, 0.29) is 29.5 Å². The largest absolute Gasteiger partial charge is 0.508 e. The third kappa shape index (κ3) is 4.82. The van der Waals surface area contributed by atoms with Crippen molar-refractivity contribution in [2.45, 2.75) is 59.8 Å². The number of nitrogens with zero attached hydrogens (tertiary/aromatic N) is 1. The number of hydrogen-bond acceptors (Lipinski definition) is 4. The highest BCUT2D eigenvalue weighted by Gasteiger charge is 2.39. The molecule has 5 nitrogen and oxygen atoms in total. The van der Waals surface area contributed by atoms with Crippen molar-refractivity contribution >= 4 is 11.7 Å². The Morgan fingerprint density at radius 1 is 1.00 bits per heavy atom. The highest BCUT2D eigenvalue weighted by atomic mass is 16.5. The van der Waals surface area contributed by atoms with Gasteiger partial charge in [-0.25, -0.2) is 0 Å². The summed E-state index contributed by atoms with van der Waals surface area (Å²) in [4.78, 5) is 26.1. The van der Waals surface area contributed by atoms with Gasteiger partial charge in [0.25, 0.3) is 0 Å². The average Bonchev–Trinajstić information content (AvgIpc) is 2.73. The van der Waals surface area contributed by atoms with Gasteiger partial charge in [-0.05, 0) is 61.1 Å². The van der Waals surface area contributed by atoms with Crippen LogP contribution in [0.25, 0.3) is 0 Å². The number of benzene rings is 2. The van der Waals surface area contributed by atoms with Gasteiger partial charge >= 0.3 is 0 Å². The van der Waals surface area contributed by atoms with Crippen LogP contribution in [0.5, 0.6) is 11.5 Å². The molecule has 2 aromatic rings. The van der Waals surface area contributed by atoms with E-state index < -0.39 is 5.41 Å². The smallest absolute Gasteiger partial charge is 0.219 e. The lowest BCUT2D eigenvalue weighted by atomic mass is 9.67. The average molecular weight is 438 g/mol. The Morgan fingerprint density at radius 2 is 1.56 bits per heavy atom. The van der Waals surface area contributed by atoms with Crippen LogP contribution in [-0.4, -0.2) is 41.4 Å². The summed E-state index contributed by atoms with van der Waals surface area (Å²) < 4.78 is 5.85. The summed E-state index contributed by atoms with van der Waals surface area (Å²) in [6.07, 6.45) is 1.61. The number of aromatic hydroxyl groups is 1. The monoisotopic (exact) mass is 437 g/mol. The number of piperidine rings is 1. The van der Waals surface area contributed by atoms with Crippen molar-refractivity contribution in [3.05, 3.63) is 58.7 Å². The van der Waals surface area contributed by atoms with Crippen LogP contribution in [0.3, 0.4) is 0 Å². The van der Waals surface area contributed by atoms with Crippen LogP contribution < -0.4 is 4.74 Å². The number of phenolic OH excluding ortho intramolecular Hbond substituents is 1. The summed E-state index contributed by atoms with van der Waals surface area (Å²) in [5.74, 6) is 1.16. The number of aryl methyl sites for hydroxylation is 2. The van der Waals surface area contributed by atoms with E-state index in [4.69, 9.17) is 4.74 Å². The van der Waals surface area contributed by atoms with E-state index in [1.54, 1.807) is 13.0 Å². The Hall–Kier alpha value is -2.82. The molecule has 0 bridgehead atoms. The van der Waals surface area contributed by atoms with Crippen LogP contribution in [0, 0.1) is 19.3 Å². The highest BCUT2D eigenvalue weighted by molar-refractivity contribution is 5.85. The van der Waals surface area contributed by atoms with E-state index >= 15 is 0 Å². The van der Waals surface area contributed by atoms with E-state index in [0.717, 1.165) is 35.1 Å². The van der Waals surface area contributed by atoms with Crippen molar-refractivity contribution in [3.8, 4) is 11.5 Å². The standard InChI is InChI=1S/C27H35NO4/c1-18-15-21(7-9-23(18)30)27(11-13-28(14-12-27)20(3)29)22-8-10-24(19(2)16-22)32-17-25(31)26(4,5)6/h7-10,15-16,30H,11-14,17H2,1-6H3. The maximum absolute atomic E-state index is 12.3. The number of amides is 1. The molecule has 5 heteroatoms. The molecular formula is C27H35NO4. The van der Waals surface area contributed by atoms with Gasteiger partial charge in [0, 0.05) is 30.8 Å². The number of rotatable bonds is 5. The summed E-state index contributed by atoms with van der Waals surface area (Å²) in [6.45, 7) is 12.6. The molecule has 2 aromatic carbocycles. The quantitative estimate of drug-likeness (QED) is 0.720. The van der Waals surface area contributed by atoms with Crippen LogP contribution in [0.4, 0.5) is 0 Å². The fourth-order valence-corrected chi connectivity index (χ4v) is 4.37. The van der Waals surface area contributed by atoms with Crippen molar-refractivity contribution in [1.29, 1.82) is 0 Å². The minimum absolute atomic E-state index is 0.0551. The van der Waals surface area contributed by atoms with Gasteiger partial charge in [-0.15, -0.1) is 0 Å². The van der Waals surface area contributed by atoms with Gasteiger partial charge in [0.05, 0.1) is 0 Å². The molecule has 0 unspecified atom stereocenters. The molecule has 1 fully saturated rings. The van der Waals surface area contributed by atoms with Gasteiger partial charge in [-0.3, -0.25) is 9.59 Å². The number of Topliss-reactive ketones (excluding diaryl/α,β-unsaturated/α-hetero) is 1. The van der Waals surface area contributed by atoms with Crippen LogP contribution >= 0.6 is 0 Å². The number of ketones is 1. The second-order valence-electron chi connectivity index (χ2n) is 10.0. The van der Waals surface area contributed by atoms with Crippen LogP contribution in [-0.2, 0) is 15.0 Å². The molecule has 1 aliphatic heterocycles. The van der Waals surface area contributed by atoms with Crippen LogP contribution in [0.2, 0.25) is 0 Å². The van der Waals surface area contributed by atoms with Crippen molar-refractivity contribution in [1.82, 2.24) is 4.90 Å². The third-order valence-corrected chi connectivity index (χ3v) is 6.73. The van der Waals surface area contributed by atoms with Gasteiger partial charge in [-0.1, -0.05) is 45.0 Å². The lowest BCUT2D eigenvalue weighted by Crippen LogP contribution is -2.45. The molecule has 0 radical (unpaired) electrons. The molecule has 0 saturated carbocycles. The second kappa shape index (κ2) is 8.97. The minimum atomic E-state index is -0.431. The zero-order chi connectivity index (χ0) is 23.7. The number of ether oxygens (including phenoxy) is 1. The molecule has 3 rings (SSSR count). The lowest BCUT2D eigenvalue weighted by molar-refractivity contribution is -0.130. The molecule has 0 spiro atoms. The zero-order valence-electron chi connectivity index (χ0n) is 20.1. The van der Waals surface area contributed by atoms with E-state index in [1.807, 2.05) is 51.7 Å². The molecule has 0 aromatic heterocycles. The summed E-state index contributed by atoms with van der Waals surface area (Å²) >= 11 is 0. The van der Waals surface area contributed by atoms with Crippen molar-refractivity contribution < 1.29 is 19.4 Å². The highest BCUT2D eigenvalue weighted by Crippen LogP contribution is 2.44. The van der Waals surface area contributed by atoms with E-state index in [2.05, 4.69) is 18.2 Å². The van der Waals surface area contributed by atoms with Crippen molar-refractivity contribution in [2.75, 3.05) is 19.7 Å². The number of hydrogen-bond donors (Lipinski definition) is 1. The summed E-state index contributed by atoms with van der Waals surface area (Å²) in [5.41, 5.74) is 3.44. The van der Waals surface area contributed by atoms with Crippen LogP contribution in [0.1, 0.15) is 62.8 Å². The van der Waals surface area contributed by atoms with Crippen LogP contribution in [0.15, 0.2) is 36.4 Å². The summed E-state index contributed by atoms with van der Waals surface area (Å²) in [7, 11) is 0. The predicted octanol–water partition coefficient (Wildman–Crippen LogP) is 4.93. The van der Waals surface area contributed by atoms with Gasteiger partial charge in [0.15, 0.2) is 5.78 Å². The Balaban J connectivity index is 1.95. The van der Waals surface area contributed by atoms with Gasteiger partial charge < -0.3 is 14.7 Å². The van der Waals surface area contributed by atoms with Crippen molar-refractivity contribution in [3.63, 3.8) is 0 Å². The van der Waals surface area contributed by atoms with E-state index in [9.17, 15) is 14.7 Å². The number of likely N-dealkylation sites (tertiary alicyclic amines) is 1. The summed E-state index contributed by atoms with van der Waals surface area (Å²) in [5, 5.41) is 10.1. The topological polar surface area (TPSA) is 66.8 Å². The van der Waals surface area contributed by atoms with E-state index in [1.165, 1.54) is 0 Å². The Morgan fingerprint density at radius 3 is 2.06 bits per heavy atom. The molecule has 0 aliphatic carbocycles. The van der Waals surface area contributed by atoms with Gasteiger partial charge in [0.2, 0.25) is 5.91 Å². The predicted molar refractivity (Wildman–Crippen MR) is 126 cm³/mol. The molecule has 1 saturated heterocycles. The first-order valence-electron chi connectivity index (χ1n) is 11.3. The first kappa shape index (κ1) is 23.8. The molecule has 1 N–H and O–H groups in total. The minimum Gasteiger partial charge on any atom is -0.508 e. The Bertz CT molecular complexity index is 1010. The van der Waals surface area contributed by atoms with Crippen molar-refractivity contribution in [2.24, 2.45) is 5.41 Å². The summed E-state index contributed by atoms with van der Waals surface area (Å²) in [6, 6.07) is 12.0. The Labute approximate surface area is 191 Å². The Kier molecular flexibility index (Phi) is 6.68. The first-order valence-corrected chi connectivity index (χ1v) is 11.3. The maximum atomic E-state index is 12.3. The molecule has 1 aliphatic rings. The van der Waals surface area contributed by atoms with E-state index in [0.29, 0.717) is 18.8 Å². The zero-order valence-corrected chi connectivity index (χ0v) is 20.1. The number of phenols is 1. The molecule has 1 heterocycles. The normalized spacial score (nSPS) is 16.0. The fraction of sp³-hybridized carbons (Fsp3) is 0.481. The third-order valence-electron chi connectivity index (χ3n) is 6.73. The number of carbonyl (C=O) groups is 2. The molecule has 1 amide bonds. The van der Waals surface area contributed by atoms with Gasteiger partial charge in [-0.2, -0.15) is 0 Å². The second-order valence-corrected chi connectivity index (χ2v) is 10.0. The molecule has 32 heavy (non-hydrogen) atoms. The number of carbonyl (C=O) groups excluding carboxylic acids is 2. The fourth-order valence-electron chi connectivity index (χ4n) is 4.37. The first-order chi connectivity index (χ1) is 14.9. The molecule has 0 atom stereocenters. The lowest BCUT2D eigenvalue weighted by Gasteiger charge is -2.43. The van der Waals surface area contributed by atoms with Gasteiger partial charge in [0.1, 0.15) is 18.1 Å². The maximum Gasteiger partial charge on any atom is 0.219 e. The molecule has 172 valence electrons. The molecular weight excluding hydrogens is 402 g/mol.